The van der Waals surface area contributed by atoms with E-state index >= 15 is 0 Å². The van der Waals surface area contributed by atoms with Gasteiger partial charge in [-0.25, -0.2) is 18.6 Å². The molecule has 0 aliphatic rings. The molecule has 1 rings (SSSR count). The van der Waals surface area contributed by atoms with Crippen LogP contribution in [0.4, 0.5) is 14.6 Å². The van der Waals surface area contributed by atoms with Gasteiger partial charge in [-0.3, -0.25) is 0 Å². The molecule has 1 N–H and O–H groups in total. The normalized spacial score (nSPS) is 10.6. The van der Waals surface area contributed by atoms with Gasteiger partial charge >= 0.3 is 11.4 Å². The maximum atomic E-state index is 12.3. The quantitative estimate of drug-likeness (QED) is 0.514. The van der Waals surface area contributed by atoms with E-state index < -0.39 is 28.3 Å². The molecular weight excluding hydrogens is 313 g/mol. The van der Waals surface area contributed by atoms with Gasteiger partial charge in [0.15, 0.2) is 0 Å². The fourth-order valence-corrected chi connectivity index (χ4v) is 1.65. The maximum absolute atomic E-state index is 12.3. The summed E-state index contributed by atoms with van der Waals surface area (Å²) in [7, 11) is 0. The number of nitrogens with zero attached hydrogens (tertiary/aromatic N) is 1. The Morgan fingerprint density at radius 1 is 1.57 bits per heavy atom. The first-order valence-electron chi connectivity index (χ1n) is 3.28. The molecule has 0 unspecified atom stereocenters. The number of hydrogen-bond donors (Lipinski definition) is 1. The smallest absolute Gasteiger partial charge is 0.333 e. The molecule has 0 radical (unpaired) electrons. The number of hydrogen-bond acceptors (Lipinski definition) is 3. The van der Waals surface area contributed by atoms with Crippen LogP contribution in [0, 0.1) is 13.7 Å². The van der Waals surface area contributed by atoms with Crippen molar-refractivity contribution in [1.82, 2.24) is 4.98 Å². The zero-order valence-corrected chi connectivity index (χ0v) is 8.62. The van der Waals surface area contributed by atoms with Crippen molar-refractivity contribution in [3.05, 3.63) is 35.7 Å². The van der Waals surface area contributed by atoms with Crippen LogP contribution in [0.1, 0.15) is 12.0 Å². The lowest BCUT2D eigenvalue weighted by atomic mass is 10.2. The van der Waals surface area contributed by atoms with Gasteiger partial charge < -0.3 is 10.1 Å². The molecule has 0 saturated heterocycles. The number of halogens is 3. The van der Waals surface area contributed by atoms with E-state index in [1.807, 2.05) is 0 Å². The average molecular weight is 316 g/mol. The highest BCUT2D eigenvalue weighted by Gasteiger charge is 2.25. The fraction of sp³-hybridized carbons (Fsp3) is 0.167. The molecule has 0 fully saturated rings. The topological polar surface area (TPSA) is 76.0 Å². The van der Waals surface area contributed by atoms with Crippen LogP contribution in [0.2, 0.25) is 0 Å². The predicted octanol–water partition coefficient (Wildman–Crippen LogP) is 1.83. The Morgan fingerprint density at radius 2 is 2.14 bits per heavy atom. The second kappa shape index (κ2) is 3.98. The molecule has 1 aromatic rings. The van der Waals surface area contributed by atoms with Crippen LogP contribution < -0.4 is 5.56 Å². The van der Waals surface area contributed by atoms with Gasteiger partial charge in [-0.1, -0.05) is 0 Å². The Bertz CT molecular complexity index is 432. The first-order chi connectivity index (χ1) is 6.43. The summed E-state index contributed by atoms with van der Waals surface area (Å²) in [4.78, 5) is 21.8. The molecule has 0 saturated carbocycles. The van der Waals surface area contributed by atoms with Gasteiger partial charge in [0, 0.05) is 9.64 Å². The van der Waals surface area contributed by atoms with Crippen molar-refractivity contribution < 1.29 is 13.7 Å². The van der Waals surface area contributed by atoms with Gasteiger partial charge in [-0.05, 0) is 27.5 Å². The molecule has 0 bridgehead atoms. The molecule has 0 amide bonds. The largest absolute Gasteiger partial charge is 0.358 e. The van der Waals surface area contributed by atoms with Crippen LogP contribution in [-0.2, 0) is 0 Å². The van der Waals surface area contributed by atoms with Crippen molar-refractivity contribution in [1.29, 1.82) is 0 Å². The summed E-state index contributed by atoms with van der Waals surface area (Å²) in [5.41, 5.74) is -1.53. The molecule has 5 nitrogen and oxygen atoms in total. The molecule has 0 aromatic carbocycles. The second-order valence-electron chi connectivity index (χ2n) is 2.30. The molecule has 0 aliphatic heterocycles. The number of aromatic amines is 1. The summed E-state index contributed by atoms with van der Waals surface area (Å²) in [6.45, 7) is 0. The number of H-pyrrole nitrogens is 1. The number of nitro groups is 1. The summed E-state index contributed by atoms with van der Waals surface area (Å²) >= 11 is 1.46. The zero-order chi connectivity index (χ0) is 10.9. The first-order valence-corrected chi connectivity index (χ1v) is 4.36. The molecule has 14 heavy (non-hydrogen) atoms. The summed E-state index contributed by atoms with van der Waals surface area (Å²) in [5, 5.41) is 10.3. The highest BCUT2D eigenvalue weighted by Crippen LogP contribution is 2.29. The number of nitrogens with one attached hydrogen (secondary N) is 1. The van der Waals surface area contributed by atoms with Crippen molar-refractivity contribution in [3.63, 3.8) is 0 Å². The highest BCUT2D eigenvalue weighted by molar-refractivity contribution is 14.1. The highest BCUT2D eigenvalue weighted by atomic mass is 127. The lowest BCUT2D eigenvalue weighted by Gasteiger charge is -2.03. The van der Waals surface area contributed by atoms with E-state index in [0.717, 1.165) is 6.07 Å². The summed E-state index contributed by atoms with van der Waals surface area (Å²) in [5.74, 6) is -0.947. The Labute approximate surface area is 89.4 Å². The number of aromatic nitrogens is 1. The second-order valence-corrected chi connectivity index (χ2v) is 3.46. The molecule has 1 heterocycles. The van der Waals surface area contributed by atoms with Crippen LogP contribution >= 0.6 is 22.6 Å². The maximum Gasteiger partial charge on any atom is 0.333 e. The van der Waals surface area contributed by atoms with Gasteiger partial charge in [0.2, 0.25) is 0 Å². The lowest BCUT2D eigenvalue weighted by Crippen LogP contribution is -2.12. The van der Waals surface area contributed by atoms with Crippen molar-refractivity contribution in [2.24, 2.45) is 0 Å². The van der Waals surface area contributed by atoms with E-state index in [9.17, 15) is 23.7 Å². The Balaban J connectivity index is 3.52. The van der Waals surface area contributed by atoms with Gasteiger partial charge in [-0.15, -0.1) is 0 Å². The fourth-order valence-electron chi connectivity index (χ4n) is 0.878. The minimum Gasteiger partial charge on any atom is -0.358 e. The van der Waals surface area contributed by atoms with Crippen LogP contribution in [-0.4, -0.2) is 9.91 Å². The SMILES string of the molecule is O=c1cc(I)c(C(F)F)c([N+](=O)[O-])[nH]1. The number of rotatable bonds is 2. The summed E-state index contributed by atoms with van der Waals surface area (Å²) < 4.78 is 24.6. The Hall–Kier alpha value is -1.06. The van der Waals surface area contributed by atoms with Gasteiger partial charge in [0.05, 0.1) is 0 Å². The van der Waals surface area contributed by atoms with E-state index in [4.69, 9.17) is 0 Å². The monoisotopic (exact) mass is 316 g/mol. The first kappa shape index (κ1) is 11.0. The minimum absolute atomic E-state index is 0.118. The van der Waals surface area contributed by atoms with Crippen LogP contribution in [0.25, 0.3) is 0 Å². The van der Waals surface area contributed by atoms with E-state index in [0.29, 0.717) is 0 Å². The standard InChI is InChI=1S/C6H3F2IN2O3/c7-5(8)4-2(9)1-3(12)10-6(4)11(13)14/h1,5H,(H,10,12). The third-order valence-corrected chi connectivity index (χ3v) is 2.31. The van der Waals surface area contributed by atoms with Gasteiger partial charge in [-0.2, -0.15) is 0 Å². The molecule has 0 atom stereocenters. The van der Waals surface area contributed by atoms with E-state index in [-0.39, 0.29) is 3.57 Å². The van der Waals surface area contributed by atoms with Crippen molar-refractivity contribution >= 4 is 28.4 Å². The molecular formula is C6H3F2IN2O3. The molecule has 0 spiro atoms. The van der Waals surface area contributed by atoms with Gasteiger partial charge in [0.25, 0.3) is 6.43 Å². The van der Waals surface area contributed by atoms with E-state index in [1.54, 1.807) is 4.98 Å². The molecule has 1 aromatic heterocycles. The molecule has 8 heteroatoms. The van der Waals surface area contributed by atoms with Crippen LogP contribution in [0.15, 0.2) is 10.9 Å². The zero-order valence-electron chi connectivity index (χ0n) is 6.46. The van der Waals surface area contributed by atoms with Gasteiger partial charge in [0.1, 0.15) is 5.56 Å². The summed E-state index contributed by atoms with van der Waals surface area (Å²) in [6, 6.07) is 0.884. The Morgan fingerprint density at radius 3 is 2.57 bits per heavy atom. The van der Waals surface area contributed by atoms with Crippen molar-refractivity contribution in [2.45, 2.75) is 6.43 Å². The van der Waals surface area contributed by atoms with Crippen LogP contribution in [0.3, 0.4) is 0 Å². The van der Waals surface area contributed by atoms with E-state index in [1.165, 1.54) is 22.6 Å². The lowest BCUT2D eigenvalue weighted by molar-refractivity contribution is -0.391. The van der Waals surface area contributed by atoms with Crippen LogP contribution in [0.5, 0.6) is 0 Å². The number of pyridine rings is 1. The Kier molecular flexibility index (Phi) is 3.13. The minimum atomic E-state index is -2.99. The molecule has 0 aliphatic carbocycles. The third kappa shape index (κ3) is 2.05. The molecule has 76 valence electrons. The van der Waals surface area contributed by atoms with Crippen molar-refractivity contribution in [3.8, 4) is 0 Å². The number of alkyl halides is 2. The summed E-state index contributed by atoms with van der Waals surface area (Å²) in [6.07, 6.45) is -2.99. The predicted molar refractivity (Wildman–Crippen MR) is 51.4 cm³/mol. The third-order valence-electron chi connectivity index (χ3n) is 1.41. The average Bonchev–Trinajstić information content (AvgIpc) is 2.01. The van der Waals surface area contributed by atoms with E-state index in [2.05, 4.69) is 0 Å². The van der Waals surface area contributed by atoms with Crippen molar-refractivity contribution in [2.75, 3.05) is 0 Å².